The van der Waals surface area contributed by atoms with Gasteiger partial charge in [0.2, 0.25) is 0 Å². The minimum absolute atomic E-state index is 0.921. The lowest BCUT2D eigenvalue weighted by molar-refractivity contribution is 1.31. The molecular formula is C82H50N10. The summed E-state index contributed by atoms with van der Waals surface area (Å²) < 4.78 is 0. The molecule has 10 heteroatoms. The third kappa shape index (κ3) is 10.1. The molecule has 0 aliphatic heterocycles. The van der Waals surface area contributed by atoms with Gasteiger partial charge in [-0.1, -0.05) is 140 Å². The van der Waals surface area contributed by atoms with Crippen molar-refractivity contribution in [3.05, 3.63) is 304 Å². The maximum atomic E-state index is 5.03. The monoisotopic (exact) mass is 1170 g/mol. The molecule has 8 aromatic carbocycles. The first-order chi connectivity index (χ1) is 45.5. The van der Waals surface area contributed by atoms with Gasteiger partial charge in [0.1, 0.15) is 0 Å². The van der Waals surface area contributed by atoms with Crippen molar-refractivity contribution in [1.29, 1.82) is 0 Å². The molecule has 18 aromatic rings. The van der Waals surface area contributed by atoms with Crippen LogP contribution in [0.1, 0.15) is 0 Å². The largest absolute Gasteiger partial charge is 0.265 e. The van der Waals surface area contributed by atoms with Gasteiger partial charge in [-0.3, -0.25) is 29.9 Å². The zero-order chi connectivity index (χ0) is 60.9. The highest BCUT2D eigenvalue weighted by molar-refractivity contribution is 6.11. The fourth-order valence-corrected chi connectivity index (χ4v) is 12.6. The lowest BCUT2D eigenvalue weighted by atomic mass is 9.96. The van der Waals surface area contributed by atoms with Crippen LogP contribution in [-0.2, 0) is 0 Å². The Kier molecular flexibility index (Phi) is 13.3. The van der Waals surface area contributed by atoms with E-state index in [0.29, 0.717) is 0 Å². The first kappa shape index (κ1) is 53.6. The van der Waals surface area contributed by atoms with E-state index in [1.54, 1.807) is 24.8 Å². The number of pyridine rings is 10. The number of fused-ring (bicyclic) bond motifs is 10. The molecule has 0 unspecified atom stereocenters. The van der Waals surface area contributed by atoms with Gasteiger partial charge in [-0.25, -0.2) is 19.9 Å². The highest BCUT2D eigenvalue weighted by Gasteiger charge is 2.15. The van der Waals surface area contributed by atoms with Crippen LogP contribution in [0.3, 0.4) is 0 Å². The maximum absolute atomic E-state index is 5.03. The fourth-order valence-electron chi connectivity index (χ4n) is 12.6. The Balaban J connectivity index is 0.000000141. The summed E-state index contributed by atoms with van der Waals surface area (Å²) in [6, 6.07) is 88.6. The van der Waals surface area contributed by atoms with Crippen molar-refractivity contribution in [2.24, 2.45) is 0 Å². The molecule has 0 aliphatic carbocycles. The van der Waals surface area contributed by atoms with Crippen molar-refractivity contribution in [1.82, 2.24) is 49.8 Å². The molecule has 92 heavy (non-hydrogen) atoms. The molecule has 18 rings (SSSR count). The topological polar surface area (TPSA) is 129 Å². The molecule has 0 bridgehead atoms. The number of hydrogen-bond donors (Lipinski definition) is 0. The van der Waals surface area contributed by atoms with Gasteiger partial charge in [-0.2, -0.15) is 0 Å². The lowest BCUT2D eigenvalue weighted by Crippen LogP contribution is -1.90. The second kappa shape index (κ2) is 22.8. The molecule has 10 heterocycles. The summed E-state index contributed by atoms with van der Waals surface area (Å²) in [6.07, 6.45) is 14.5. The van der Waals surface area contributed by atoms with E-state index in [9.17, 15) is 0 Å². The first-order valence-corrected chi connectivity index (χ1v) is 30.5. The van der Waals surface area contributed by atoms with E-state index in [1.165, 1.54) is 0 Å². The van der Waals surface area contributed by atoms with E-state index in [2.05, 4.69) is 242 Å². The molecule has 0 radical (unpaired) electrons. The zero-order valence-corrected chi connectivity index (χ0v) is 49.3. The molecular weight excluding hydrogens is 1120 g/mol. The Bertz CT molecular complexity index is 5860. The summed E-state index contributed by atoms with van der Waals surface area (Å²) >= 11 is 0. The minimum Gasteiger partial charge on any atom is -0.265 e. The minimum atomic E-state index is 0.921. The molecule has 0 atom stereocenters. The van der Waals surface area contributed by atoms with E-state index < -0.39 is 0 Å². The van der Waals surface area contributed by atoms with Crippen LogP contribution in [0.5, 0.6) is 0 Å². The molecule has 0 aliphatic rings. The zero-order valence-electron chi connectivity index (χ0n) is 49.3. The van der Waals surface area contributed by atoms with Crippen LogP contribution in [0, 0.1) is 0 Å². The average Bonchev–Trinajstić information content (AvgIpc) is 0.983. The van der Waals surface area contributed by atoms with Crippen molar-refractivity contribution in [3.63, 3.8) is 0 Å². The van der Waals surface area contributed by atoms with Gasteiger partial charge in [0.15, 0.2) is 0 Å². The maximum Gasteiger partial charge on any atom is 0.0970 e. The quantitative estimate of drug-likeness (QED) is 0.136. The standard InChI is InChI=1S/2C41H25N5/c1-3-33-24-35(34-4-2-20-44-41(34)40(33)43-19-1)26-5-7-27(8-6-26)36-16-13-32-23-30(12-15-38(32)45-36)31-10-9-28-11-14-37(46-39(28)25-31)29-17-21-42-22-18-29;1-2-30-9-13-35-34(19-23-44-41(35)40(30)43-20-1)26-3-5-27(6-4-26)36-16-12-33-24-31(11-15-38(33)45-36)32-8-7-28-10-14-37(46-39(28)25-32)29-17-21-42-22-18-29/h2*1-25H. The number of nitrogens with zero attached hydrogens (tertiary/aromatic N) is 10. The highest BCUT2D eigenvalue weighted by Crippen LogP contribution is 2.37. The predicted octanol–water partition coefficient (Wildman–Crippen LogP) is 19.9. The van der Waals surface area contributed by atoms with Gasteiger partial charge in [0, 0.05) is 115 Å². The first-order valence-electron chi connectivity index (χ1n) is 30.5. The molecule has 0 saturated heterocycles. The van der Waals surface area contributed by atoms with Crippen LogP contribution in [0.2, 0.25) is 0 Å². The van der Waals surface area contributed by atoms with Gasteiger partial charge >= 0.3 is 0 Å². The van der Waals surface area contributed by atoms with Crippen LogP contribution in [-0.4, -0.2) is 49.8 Å². The molecule has 0 saturated carbocycles. The van der Waals surface area contributed by atoms with Gasteiger partial charge < -0.3 is 0 Å². The molecule has 10 nitrogen and oxygen atoms in total. The van der Waals surface area contributed by atoms with Crippen LogP contribution >= 0.6 is 0 Å². The normalized spacial score (nSPS) is 11.5. The van der Waals surface area contributed by atoms with Gasteiger partial charge in [-0.15, -0.1) is 0 Å². The van der Waals surface area contributed by atoms with Gasteiger partial charge in [0.25, 0.3) is 0 Å². The predicted molar refractivity (Wildman–Crippen MR) is 374 cm³/mol. The fraction of sp³-hybridized carbons (Fsp3) is 0. The molecule has 0 fully saturated rings. The second-order valence-corrected chi connectivity index (χ2v) is 22.8. The molecule has 428 valence electrons. The van der Waals surface area contributed by atoms with E-state index in [0.717, 1.165) is 177 Å². The summed E-state index contributed by atoms with van der Waals surface area (Å²) in [4.78, 5) is 46.7. The summed E-state index contributed by atoms with van der Waals surface area (Å²) in [5, 5.41) is 8.78. The number of hydrogen-bond acceptors (Lipinski definition) is 10. The molecule has 0 amide bonds. The Morgan fingerprint density at radius 2 is 0.554 bits per heavy atom. The summed E-state index contributed by atoms with van der Waals surface area (Å²) in [6.45, 7) is 0. The van der Waals surface area contributed by atoms with Crippen LogP contribution in [0.15, 0.2) is 304 Å². The van der Waals surface area contributed by atoms with Crippen molar-refractivity contribution in [2.45, 2.75) is 0 Å². The summed E-state index contributed by atoms with van der Waals surface area (Å²) in [5.41, 5.74) is 24.7. The van der Waals surface area contributed by atoms with Crippen LogP contribution in [0.25, 0.3) is 177 Å². The lowest BCUT2D eigenvalue weighted by Gasteiger charge is -2.11. The van der Waals surface area contributed by atoms with E-state index in [-0.39, 0.29) is 0 Å². The van der Waals surface area contributed by atoms with Crippen molar-refractivity contribution in [3.8, 4) is 89.5 Å². The highest BCUT2D eigenvalue weighted by atomic mass is 14.8. The van der Waals surface area contributed by atoms with E-state index in [4.69, 9.17) is 19.9 Å². The SMILES string of the molecule is c1cnc2c(c1)cc(-c1ccc(-c3ccc4cc(-c5ccc6ccc(-c7ccncc7)nc6c5)ccc4n3)cc1)c1cccnc12.c1cnc2c(c1)ccc1c(-c3ccc(-c4ccc5cc(-c6ccc7ccc(-c8ccncc8)nc7c6)ccc5n4)cc3)ccnc12. The van der Waals surface area contributed by atoms with Crippen LogP contribution in [0.4, 0.5) is 0 Å². The van der Waals surface area contributed by atoms with Crippen molar-refractivity contribution < 1.29 is 0 Å². The Hall–Kier alpha value is -12.7. The van der Waals surface area contributed by atoms with Gasteiger partial charge in [0.05, 0.1) is 66.9 Å². The summed E-state index contributed by atoms with van der Waals surface area (Å²) in [5.74, 6) is 0. The number of rotatable bonds is 8. The molecule has 0 spiro atoms. The Labute approximate surface area is 528 Å². The second-order valence-electron chi connectivity index (χ2n) is 22.8. The third-order valence-electron chi connectivity index (χ3n) is 17.3. The van der Waals surface area contributed by atoms with Gasteiger partial charge in [-0.05, 0) is 160 Å². The van der Waals surface area contributed by atoms with Crippen molar-refractivity contribution >= 4 is 87.2 Å². The Morgan fingerprint density at radius 3 is 1.10 bits per heavy atom. The van der Waals surface area contributed by atoms with E-state index in [1.807, 2.05) is 67.3 Å². The third-order valence-corrected chi connectivity index (χ3v) is 17.3. The number of aromatic nitrogens is 10. The van der Waals surface area contributed by atoms with Crippen LogP contribution < -0.4 is 0 Å². The Morgan fingerprint density at radius 1 is 0.185 bits per heavy atom. The molecule has 10 aromatic heterocycles. The smallest absolute Gasteiger partial charge is 0.0970 e. The molecule has 0 N–H and O–H groups in total. The number of benzene rings is 8. The average molecular weight is 1180 g/mol. The van der Waals surface area contributed by atoms with Crippen molar-refractivity contribution in [2.75, 3.05) is 0 Å². The summed E-state index contributed by atoms with van der Waals surface area (Å²) in [7, 11) is 0. The van der Waals surface area contributed by atoms with E-state index >= 15 is 0 Å².